The van der Waals surface area contributed by atoms with E-state index in [9.17, 15) is 9.90 Å². The summed E-state index contributed by atoms with van der Waals surface area (Å²) in [5.74, 6) is 0.830. The van der Waals surface area contributed by atoms with Gasteiger partial charge in [-0.15, -0.1) is 0 Å². The van der Waals surface area contributed by atoms with Gasteiger partial charge in [-0.25, -0.2) is 9.78 Å². The van der Waals surface area contributed by atoms with Crippen molar-refractivity contribution in [3.63, 3.8) is 0 Å². The topological polar surface area (TPSA) is 55.1 Å². The Bertz CT molecular complexity index is 723. The van der Waals surface area contributed by atoms with E-state index in [1.165, 1.54) is 31.5 Å². The molecule has 3 rings (SSSR count). The number of imidazole rings is 1. The van der Waals surface area contributed by atoms with Crippen LogP contribution in [0.25, 0.3) is 11.0 Å². The van der Waals surface area contributed by atoms with Crippen LogP contribution in [0.2, 0.25) is 0 Å². The number of carbonyl (C=O) groups is 1. The largest absolute Gasteiger partial charge is 0.478 e. The maximum absolute atomic E-state index is 11.4. The van der Waals surface area contributed by atoms with Crippen molar-refractivity contribution in [3.05, 3.63) is 29.1 Å². The third-order valence-corrected chi connectivity index (χ3v) is 5.40. The Morgan fingerprint density at radius 1 is 1.30 bits per heavy atom. The van der Waals surface area contributed by atoms with Crippen molar-refractivity contribution in [2.24, 2.45) is 0 Å². The zero-order valence-electron chi connectivity index (χ0n) is 14.3. The first-order chi connectivity index (χ1) is 11.1. The van der Waals surface area contributed by atoms with Crippen LogP contribution in [0.1, 0.15) is 86.1 Å². The quantitative estimate of drug-likeness (QED) is 0.839. The molecule has 1 aromatic carbocycles. The van der Waals surface area contributed by atoms with Gasteiger partial charge >= 0.3 is 5.97 Å². The first-order valence-electron chi connectivity index (χ1n) is 8.83. The summed E-state index contributed by atoms with van der Waals surface area (Å²) in [6, 6.07) is 4.12. The molecule has 2 aromatic rings. The number of nitrogens with zero attached hydrogens (tertiary/aromatic N) is 2. The molecule has 0 unspecified atom stereocenters. The van der Waals surface area contributed by atoms with Gasteiger partial charge in [0, 0.05) is 12.0 Å². The second-order valence-electron chi connectivity index (χ2n) is 6.70. The fourth-order valence-electron chi connectivity index (χ4n) is 4.05. The molecule has 0 atom stereocenters. The van der Waals surface area contributed by atoms with Gasteiger partial charge in [-0.1, -0.05) is 26.7 Å². The minimum Gasteiger partial charge on any atom is -0.478 e. The van der Waals surface area contributed by atoms with E-state index in [4.69, 9.17) is 4.98 Å². The maximum atomic E-state index is 11.4. The second-order valence-corrected chi connectivity index (χ2v) is 6.70. The van der Waals surface area contributed by atoms with Gasteiger partial charge < -0.3 is 9.67 Å². The molecule has 4 heteroatoms. The van der Waals surface area contributed by atoms with E-state index in [0.717, 1.165) is 29.4 Å². The van der Waals surface area contributed by atoms with Crippen molar-refractivity contribution in [1.29, 1.82) is 0 Å². The Balaban J connectivity index is 2.25. The summed E-state index contributed by atoms with van der Waals surface area (Å²) in [7, 11) is 0. The first-order valence-corrected chi connectivity index (χ1v) is 8.83. The highest BCUT2D eigenvalue weighted by Gasteiger charge is 2.27. The van der Waals surface area contributed by atoms with Crippen molar-refractivity contribution < 1.29 is 9.90 Å². The Kier molecular flexibility index (Phi) is 4.42. The van der Waals surface area contributed by atoms with Gasteiger partial charge in [-0.2, -0.15) is 0 Å². The van der Waals surface area contributed by atoms with Crippen molar-refractivity contribution in [2.45, 2.75) is 71.3 Å². The third kappa shape index (κ3) is 2.64. The molecule has 1 saturated carbocycles. The van der Waals surface area contributed by atoms with Crippen LogP contribution in [0, 0.1) is 6.92 Å². The highest BCUT2D eigenvalue weighted by molar-refractivity contribution is 5.95. The molecule has 0 amide bonds. The smallest absolute Gasteiger partial charge is 0.336 e. The molecule has 124 valence electrons. The van der Waals surface area contributed by atoms with Crippen LogP contribution >= 0.6 is 0 Å². The van der Waals surface area contributed by atoms with Crippen LogP contribution in [0.15, 0.2) is 12.1 Å². The van der Waals surface area contributed by atoms with Crippen LogP contribution < -0.4 is 0 Å². The molecule has 1 aliphatic rings. The molecule has 1 aromatic heterocycles. The van der Waals surface area contributed by atoms with Gasteiger partial charge in [0.2, 0.25) is 0 Å². The number of hydrogen-bond donors (Lipinski definition) is 1. The van der Waals surface area contributed by atoms with Gasteiger partial charge in [-0.3, -0.25) is 0 Å². The number of rotatable bonds is 5. The highest BCUT2D eigenvalue weighted by Crippen LogP contribution is 2.38. The standard InChI is InChI=1S/C19H26N2O2/c1-4-14(5-2)21-16-11-10-15(19(22)23)12(3)17(16)20-18(21)13-8-6-7-9-13/h10-11,13-14H,4-9H2,1-3H3,(H,22,23). The zero-order valence-corrected chi connectivity index (χ0v) is 14.3. The van der Waals surface area contributed by atoms with Gasteiger partial charge in [0.25, 0.3) is 0 Å². The lowest BCUT2D eigenvalue weighted by Gasteiger charge is -2.21. The van der Waals surface area contributed by atoms with E-state index < -0.39 is 5.97 Å². The summed E-state index contributed by atoms with van der Waals surface area (Å²) in [5, 5.41) is 9.38. The number of hydrogen-bond acceptors (Lipinski definition) is 2. The van der Waals surface area contributed by atoms with Gasteiger partial charge in [0.15, 0.2) is 0 Å². The summed E-state index contributed by atoms with van der Waals surface area (Å²) in [5.41, 5.74) is 3.13. The normalized spacial score (nSPS) is 15.8. The SMILES string of the molecule is CCC(CC)n1c(C2CCCC2)nc2c(C)c(C(=O)O)ccc21. The van der Waals surface area contributed by atoms with Crippen LogP contribution in [0.3, 0.4) is 0 Å². The molecule has 0 saturated heterocycles. The van der Waals surface area contributed by atoms with E-state index in [0.29, 0.717) is 17.5 Å². The minimum atomic E-state index is -0.871. The van der Waals surface area contributed by atoms with E-state index in [-0.39, 0.29) is 0 Å². The fourth-order valence-corrected chi connectivity index (χ4v) is 4.05. The summed E-state index contributed by atoms with van der Waals surface area (Å²) in [4.78, 5) is 16.4. The van der Waals surface area contributed by atoms with Gasteiger partial charge in [0.1, 0.15) is 5.82 Å². The summed E-state index contributed by atoms with van der Waals surface area (Å²) < 4.78 is 2.41. The lowest BCUT2D eigenvalue weighted by Crippen LogP contribution is -2.13. The second kappa shape index (κ2) is 6.34. The molecule has 1 N–H and O–H groups in total. The Labute approximate surface area is 137 Å². The van der Waals surface area contributed by atoms with Crippen LogP contribution in [0.5, 0.6) is 0 Å². The number of carboxylic acids is 1. The molecular formula is C19H26N2O2. The lowest BCUT2D eigenvalue weighted by molar-refractivity contribution is 0.0696. The monoisotopic (exact) mass is 314 g/mol. The average Bonchev–Trinajstić information content (AvgIpc) is 3.16. The molecule has 1 heterocycles. The van der Waals surface area contributed by atoms with Crippen LogP contribution in [-0.4, -0.2) is 20.6 Å². The van der Waals surface area contributed by atoms with E-state index in [1.807, 2.05) is 13.0 Å². The van der Waals surface area contributed by atoms with Gasteiger partial charge in [0.05, 0.1) is 16.6 Å². The summed E-state index contributed by atoms with van der Waals surface area (Å²) in [6.07, 6.45) is 7.09. The number of aromatic nitrogens is 2. The molecule has 0 bridgehead atoms. The Morgan fingerprint density at radius 3 is 2.52 bits per heavy atom. The number of benzene rings is 1. The van der Waals surface area contributed by atoms with E-state index in [1.54, 1.807) is 6.07 Å². The number of aromatic carboxylic acids is 1. The Morgan fingerprint density at radius 2 is 1.96 bits per heavy atom. The summed E-state index contributed by atoms with van der Waals surface area (Å²) >= 11 is 0. The number of fused-ring (bicyclic) bond motifs is 1. The summed E-state index contributed by atoms with van der Waals surface area (Å²) in [6.45, 7) is 6.32. The number of carboxylic acid groups (broad SMARTS) is 1. The minimum absolute atomic E-state index is 0.365. The van der Waals surface area contributed by atoms with Crippen molar-refractivity contribution >= 4 is 17.0 Å². The maximum Gasteiger partial charge on any atom is 0.336 e. The molecule has 0 aliphatic heterocycles. The molecular weight excluding hydrogens is 288 g/mol. The van der Waals surface area contributed by atoms with Crippen molar-refractivity contribution in [3.8, 4) is 0 Å². The molecule has 1 fully saturated rings. The van der Waals surface area contributed by atoms with Crippen molar-refractivity contribution in [1.82, 2.24) is 9.55 Å². The molecule has 23 heavy (non-hydrogen) atoms. The third-order valence-electron chi connectivity index (χ3n) is 5.40. The van der Waals surface area contributed by atoms with Crippen LogP contribution in [0.4, 0.5) is 0 Å². The Hall–Kier alpha value is -1.84. The van der Waals surface area contributed by atoms with E-state index >= 15 is 0 Å². The zero-order chi connectivity index (χ0) is 16.6. The van der Waals surface area contributed by atoms with Crippen LogP contribution in [-0.2, 0) is 0 Å². The molecule has 1 aliphatic carbocycles. The average molecular weight is 314 g/mol. The first kappa shape index (κ1) is 16.0. The molecule has 0 spiro atoms. The predicted molar refractivity (Wildman–Crippen MR) is 92.3 cm³/mol. The van der Waals surface area contributed by atoms with Gasteiger partial charge in [-0.05, 0) is 50.3 Å². The predicted octanol–water partition coefficient (Wildman–Crippen LogP) is 5.06. The van der Waals surface area contributed by atoms with E-state index in [2.05, 4.69) is 18.4 Å². The highest BCUT2D eigenvalue weighted by atomic mass is 16.4. The molecule has 0 radical (unpaired) electrons. The van der Waals surface area contributed by atoms with Crippen molar-refractivity contribution in [2.75, 3.05) is 0 Å². The molecule has 4 nitrogen and oxygen atoms in total. The fraction of sp³-hybridized carbons (Fsp3) is 0.579. The number of aryl methyl sites for hydroxylation is 1. The lowest BCUT2D eigenvalue weighted by atomic mass is 10.1.